The van der Waals surface area contributed by atoms with Gasteiger partial charge in [0.1, 0.15) is 5.75 Å². The summed E-state index contributed by atoms with van der Waals surface area (Å²) in [5, 5.41) is 2.57. The van der Waals surface area contributed by atoms with Crippen LogP contribution in [0.1, 0.15) is 35.5 Å². The quantitative estimate of drug-likeness (QED) is 0.497. The second kappa shape index (κ2) is 10.5. The van der Waals surface area contributed by atoms with E-state index < -0.39 is 15.7 Å². The number of ether oxygens (including phenoxy) is 1. The largest absolute Gasteiger partial charge is 0.494 e. The van der Waals surface area contributed by atoms with Crippen molar-refractivity contribution in [2.75, 3.05) is 27.2 Å². The van der Waals surface area contributed by atoms with Gasteiger partial charge in [-0.05, 0) is 62.5 Å². The number of rotatable bonds is 10. The van der Waals surface area contributed by atoms with Crippen LogP contribution in [0.5, 0.6) is 5.75 Å². The van der Waals surface area contributed by atoms with Crippen molar-refractivity contribution < 1.29 is 22.4 Å². The predicted molar refractivity (Wildman–Crippen MR) is 122 cm³/mol. The van der Waals surface area contributed by atoms with E-state index in [2.05, 4.69) is 12.2 Å². The zero-order valence-electron chi connectivity index (χ0n) is 18.4. The first-order valence-corrected chi connectivity index (χ1v) is 11.9. The van der Waals surface area contributed by atoms with Crippen molar-refractivity contribution in [2.45, 2.75) is 29.4 Å². The van der Waals surface area contributed by atoms with Gasteiger partial charge in [-0.3, -0.25) is 4.79 Å². The van der Waals surface area contributed by atoms with Crippen LogP contribution in [0.4, 0.5) is 0 Å². The average Bonchev–Trinajstić information content (AvgIpc) is 3.30. The smallest absolute Gasteiger partial charge is 0.287 e. The van der Waals surface area contributed by atoms with Gasteiger partial charge < -0.3 is 19.4 Å². The third-order valence-corrected chi connectivity index (χ3v) is 6.58. The van der Waals surface area contributed by atoms with Gasteiger partial charge in [0.2, 0.25) is 14.9 Å². The molecular formula is C24H28N2O5S. The molecule has 1 heterocycles. The monoisotopic (exact) mass is 456 g/mol. The second-order valence-electron chi connectivity index (χ2n) is 7.54. The number of benzene rings is 2. The molecule has 0 spiro atoms. The molecule has 1 N–H and O–H groups in total. The Morgan fingerprint density at radius 1 is 1.03 bits per heavy atom. The number of amides is 1. The van der Waals surface area contributed by atoms with Crippen LogP contribution in [0.3, 0.4) is 0 Å². The molecule has 0 aliphatic rings. The molecule has 0 bridgehead atoms. The van der Waals surface area contributed by atoms with Crippen molar-refractivity contribution in [2.24, 2.45) is 0 Å². The van der Waals surface area contributed by atoms with Gasteiger partial charge >= 0.3 is 0 Å². The number of nitrogens with one attached hydrogen (secondary N) is 1. The fourth-order valence-electron chi connectivity index (χ4n) is 3.18. The molecular weight excluding hydrogens is 428 g/mol. The number of nitrogens with zero attached hydrogens (tertiary/aromatic N) is 1. The lowest BCUT2D eigenvalue weighted by atomic mass is 10.1. The molecule has 2 aromatic carbocycles. The molecule has 0 saturated heterocycles. The Kier molecular flexibility index (Phi) is 7.71. The molecule has 0 aliphatic carbocycles. The molecule has 32 heavy (non-hydrogen) atoms. The van der Waals surface area contributed by atoms with Gasteiger partial charge in [0.15, 0.2) is 5.76 Å². The number of hydrogen-bond donors (Lipinski definition) is 1. The van der Waals surface area contributed by atoms with E-state index in [4.69, 9.17) is 9.15 Å². The summed E-state index contributed by atoms with van der Waals surface area (Å²) < 4.78 is 36.3. The standard InChI is InChI=1S/C24H28N2O5S/c1-4-16-30-19-12-10-18(11-13-19)21(26(2)3)17-25-24(27)22-14-15-23(31-22)32(28,29)20-8-6-5-7-9-20/h5-15,21H,4,16-17H2,1-3H3,(H,25,27). The van der Waals surface area contributed by atoms with Crippen molar-refractivity contribution in [1.29, 1.82) is 0 Å². The average molecular weight is 457 g/mol. The SMILES string of the molecule is CCCOc1ccc(C(CNC(=O)c2ccc(S(=O)(=O)c3ccccc3)o2)N(C)C)cc1. The molecule has 1 amide bonds. The third kappa shape index (κ3) is 5.57. The van der Waals surface area contributed by atoms with Crippen LogP contribution < -0.4 is 10.1 Å². The van der Waals surface area contributed by atoms with Gasteiger partial charge in [0.25, 0.3) is 5.91 Å². The van der Waals surface area contributed by atoms with Crippen LogP contribution in [-0.4, -0.2) is 46.5 Å². The van der Waals surface area contributed by atoms with Gasteiger partial charge in [-0.25, -0.2) is 8.42 Å². The van der Waals surface area contributed by atoms with Crippen LogP contribution in [0, 0.1) is 0 Å². The minimum Gasteiger partial charge on any atom is -0.494 e. The van der Waals surface area contributed by atoms with Gasteiger partial charge in [0.05, 0.1) is 17.5 Å². The normalized spacial score (nSPS) is 12.5. The lowest BCUT2D eigenvalue weighted by molar-refractivity contribution is 0.0908. The maximum absolute atomic E-state index is 12.7. The maximum atomic E-state index is 12.7. The summed E-state index contributed by atoms with van der Waals surface area (Å²) in [6.07, 6.45) is 0.940. The van der Waals surface area contributed by atoms with E-state index in [1.165, 1.54) is 24.3 Å². The Morgan fingerprint density at radius 2 is 1.72 bits per heavy atom. The van der Waals surface area contributed by atoms with Crippen LogP contribution in [0.15, 0.2) is 81.1 Å². The van der Waals surface area contributed by atoms with E-state index in [0.29, 0.717) is 13.2 Å². The molecule has 3 aromatic rings. The molecule has 170 valence electrons. The summed E-state index contributed by atoms with van der Waals surface area (Å²) in [6, 6.07) is 18.3. The predicted octanol–water partition coefficient (Wildman–Crippen LogP) is 3.93. The summed E-state index contributed by atoms with van der Waals surface area (Å²) in [6.45, 7) is 3.04. The summed E-state index contributed by atoms with van der Waals surface area (Å²) in [5.74, 6) is 0.273. The lowest BCUT2D eigenvalue weighted by Gasteiger charge is -2.25. The first-order valence-electron chi connectivity index (χ1n) is 10.4. The number of carbonyl (C=O) groups excluding carboxylic acids is 1. The summed E-state index contributed by atoms with van der Waals surface area (Å²) in [4.78, 5) is 14.7. The molecule has 1 atom stereocenters. The van der Waals surface area contributed by atoms with Crippen LogP contribution >= 0.6 is 0 Å². The van der Waals surface area contributed by atoms with Crippen molar-refractivity contribution in [3.05, 3.63) is 78.1 Å². The highest BCUT2D eigenvalue weighted by atomic mass is 32.2. The fourth-order valence-corrected chi connectivity index (χ4v) is 4.38. The van der Waals surface area contributed by atoms with Crippen LogP contribution in [0.2, 0.25) is 0 Å². The minimum atomic E-state index is -3.82. The molecule has 0 fully saturated rings. The van der Waals surface area contributed by atoms with Gasteiger partial charge in [-0.1, -0.05) is 37.3 Å². The van der Waals surface area contributed by atoms with Crippen LogP contribution in [-0.2, 0) is 9.84 Å². The van der Waals surface area contributed by atoms with E-state index in [0.717, 1.165) is 17.7 Å². The summed E-state index contributed by atoms with van der Waals surface area (Å²) in [5.41, 5.74) is 1.02. The van der Waals surface area contributed by atoms with Crippen molar-refractivity contribution in [3.63, 3.8) is 0 Å². The highest BCUT2D eigenvalue weighted by Crippen LogP contribution is 2.24. The van der Waals surface area contributed by atoms with Crippen LogP contribution in [0.25, 0.3) is 0 Å². The zero-order chi connectivity index (χ0) is 23.1. The molecule has 3 rings (SSSR count). The number of hydrogen-bond acceptors (Lipinski definition) is 6. The first-order chi connectivity index (χ1) is 15.3. The van der Waals surface area contributed by atoms with E-state index in [-0.39, 0.29) is 21.8 Å². The number of sulfone groups is 1. The Hall–Kier alpha value is -3.10. The Labute approximate surface area is 188 Å². The van der Waals surface area contributed by atoms with Gasteiger partial charge in [-0.2, -0.15) is 0 Å². The first kappa shape index (κ1) is 23.6. The molecule has 0 radical (unpaired) electrons. The maximum Gasteiger partial charge on any atom is 0.287 e. The molecule has 1 aromatic heterocycles. The molecule has 8 heteroatoms. The fraction of sp³-hybridized carbons (Fsp3) is 0.292. The number of likely N-dealkylation sites (N-methyl/N-ethyl adjacent to an activating group) is 1. The highest BCUT2D eigenvalue weighted by Gasteiger charge is 2.24. The second-order valence-corrected chi connectivity index (χ2v) is 9.42. The molecule has 7 nitrogen and oxygen atoms in total. The van der Waals surface area contributed by atoms with E-state index in [9.17, 15) is 13.2 Å². The molecule has 0 aliphatic heterocycles. The van der Waals surface area contributed by atoms with E-state index in [1.807, 2.05) is 43.3 Å². The number of furan rings is 1. The van der Waals surface area contributed by atoms with Crippen molar-refractivity contribution in [1.82, 2.24) is 10.2 Å². The summed E-state index contributed by atoms with van der Waals surface area (Å²) >= 11 is 0. The number of carbonyl (C=O) groups is 1. The van der Waals surface area contributed by atoms with Gasteiger partial charge in [-0.15, -0.1) is 0 Å². The summed E-state index contributed by atoms with van der Waals surface area (Å²) in [7, 11) is 0.0356. The Morgan fingerprint density at radius 3 is 2.34 bits per heavy atom. The Balaban J connectivity index is 1.67. The van der Waals surface area contributed by atoms with Crippen molar-refractivity contribution >= 4 is 15.7 Å². The van der Waals surface area contributed by atoms with Crippen molar-refractivity contribution in [3.8, 4) is 5.75 Å². The molecule has 1 unspecified atom stereocenters. The van der Waals surface area contributed by atoms with Gasteiger partial charge in [0, 0.05) is 6.54 Å². The topological polar surface area (TPSA) is 88.8 Å². The Bertz CT molecular complexity index is 1120. The highest BCUT2D eigenvalue weighted by molar-refractivity contribution is 7.91. The zero-order valence-corrected chi connectivity index (χ0v) is 19.3. The minimum absolute atomic E-state index is 0.0553. The van der Waals surface area contributed by atoms with E-state index in [1.54, 1.807) is 18.2 Å². The third-order valence-electron chi connectivity index (χ3n) is 4.94. The van der Waals surface area contributed by atoms with E-state index >= 15 is 0 Å². The lowest BCUT2D eigenvalue weighted by Crippen LogP contribution is -2.34. The molecule has 0 saturated carbocycles.